The Bertz CT molecular complexity index is 1130. The highest BCUT2D eigenvalue weighted by molar-refractivity contribution is 9.10. The number of carbonyl (C=O) groups excluding carboxylic acids is 1. The van der Waals surface area contributed by atoms with E-state index in [2.05, 4.69) is 26.1 Å². The molecule has 3 aromatic rings. The van der Waals surface area contributed by atoms with E-state index in [1.54, 1.807) is 17.0 Å². The fourth-order valence-electron chi connectivity index (χ4n) is 3.78. The third-order valence-electron chi connectivity index (χ3n) is 5.25. The molecule has 1 amide bonds. The number of aromatic nitrogens is 2. The van der Waals surface area contributed by atoms with Gasteiger partial charge in [-0.2, -0.15) is 5.10 Å². The Morgan fingerprint density at radius 2 is 1.94 bits per heavy atom. The number of H-pyrrole nitrogens is 1. The fourth-order valence-corrected chi connectivity index (χ4v) is 4.19. The van der Waals surface area contributed by atoms with Gasteiger partial charge in [-0.1, -0.05) is 28.1 Å². The fraction of sp³-hybridized carbons (Fsp3) is 0.238. The van der Waals surface area contributed by atoms with Crippen molar-refractivity contribution in [3.05, 3.63) is 79.9 Å². The predicted octanol–water partition coefficient (Wildman–Crippen LogP) is 3.91. The summed E-state index contributed by atoms with van der Waals surface area (Å²) in [6, 6.07) is 13.4. The van der Waals surface area contributed by atoms with E-state index in [4.69, 9.17) is 9.47 Å². The van der Waals surface area contributed by atoms with Gasteiger partial charge in [-0.15, -0.1) is 0 Å². The van der Waals surface area contributed by atoms with Crippen LogP contribution in [0.3, 0.4) is 0 Å². The van der Waals surface area contributed by atoms with Gasteiger partial charge in [0.25, 0.3) is 11.6 Å². The number of halogens is 1. The number of fused-ring (bicyclic) bond motifs is 1. The van der Waals surface area contributed by atoms with E-state index in [0.717, 1.165) is 10.0 Å². The van der Waals surface area contributed by atoms with Gasteiger partial charge < -0.3 is 14.4 Å². The van der Waals surface area contributed by atoms with E-state index in [9.17, 15) is 14.9 Å². The second kappa shape index (κ2) is 8.58. The van der Waals surface area contributed by atoms with E-state index in [1.165, 1.54) is 26.4 Å². The number of aromatic amines is 1. The summed E-state index contributed by atoms with van der Waals surface area (Å²) in [5, 5.41) is 18.2. The number of nitrogens with zero attached hydrogens (tertiary/aromatic N) is 3. The summed E-state index contributed by atoms with van der Waals surface area (Å²) in [7, 11) is 3.04. The minimum atomic E-state index is -0.599. The summed E-state index contributed by atoms with van der Waals surface area (Å²) in [5.74, 6) is -0.222. The van der Waals surface area contributed by atoms with Gasteiger partial charge in [-0.05, 0) is 29.8 Å². The maximum atomic E-state index is 13.3. The summed E-state index contributed by atoms with van der Waals surface area (Å²) in [4.78, 5) is 25.5. The van der Waals surface area contributed by atoms with Crippen LogP contribution in [-0.2, 0) is 9.47 Å². The number of hydrogen-bond acceptors (Lipinski definition) is 6. The minimum Gasteiger partial charge on any atom is -0.354 e. The smallest absolute Gasteiger partial charge is 0.273 e. The van der Waals surface area contributed by atoms with Crippen LogP contribution in [0.15, 0.2) is 53.0 Å². The molecule has 31 heavy (non-hydrogen) atoms. The Labute approximate surface area is 186 Å². The largest absolute Gasteiger partial charge is 0.354 e. The second-order valence-corrected chi connectivity index (χ2v) is 7.90. The van der Waals surface area contributed by atoms with Crippen LogP contribution in [0.2, 0.25) is 0 Å². The van der Waals surface area contributed by atoms with E-state index < -0.39 is 17.3 Å². The number of nitrogens with one attached hydrogen (secondary N) is 1. The lowest BCUT2D eigenvalue weighted by Gasteiger charge is -2.29. The van der Waals surface area contributed by atoms with Crippen molar-refractivity contribution in [2.24, 2.45) is 0 Å². The molecular formula is C21H19BrN4O5. The van der Waals surface area contributed by atoms with Gasteiger partial charge in [0.2, 0.25) is 0 Å². The van der Waals surface area contributed by atoms with Crippen molar-refractivity contribution >= 4 is 27.5 Å². The molecule has 10 heteroatoms. The number of methoxy groups -OCH3 is 2. The number of nitro benzene ring substituents is 1. The zero-order valence-electron chi connectivity index (χ0n) is 16.7. The Kier molecular flexibility index (Phi) is 5.86. The van der Waals surface area contributed by atoms with Gasteiger partial charge in [0.1, 0.15) is 5.69 Å². The van der Waals surface area contributed by atoms with Gasteiger partial charge >= 0.3 is 0 Å². The third kappa shape index (κ3) is 3.85. The lowest BCUT2D eigenvalue weighted by Crippen LogP contribution is -2.38. The van der Waals surface area contributed by atoms with Crippen molar-refractivity contribution in [3.63, 3.8) is 0 Å². The SMILES string of the molecule is COC(CN1C(=O)c2[nH]nc(-c3ccc([N+](=O)[O-])cc3)c2C1c1cccc(Br)c1)OC. The van der Waals surface area contributed by atoms with Crippen molar-refractivity contribution in [3.8, 4) is 11.3 Å². The normalized spacial score (nSPS) is 15.5. The number of benzene rings is 2. The number of non-ortho nitro benzene ring substituents is 1. The zero-order chi connectivity index (χ0) is 22.1. The van der Waals surface area contributed by atoms with Crippen molar-refractivity contribution < 1.29 is 19.2 Å². The molecule has 1 atom stereocenters. The first kappa shape index (κ1) is 21.2. The molecule has 0 saturated carbocycles. The molecule has 0 aliphatic carbocycles. The zero-order valence-corrected chi connectivity index (χ0v) is 18.3. The molecule has 0 spiro atoms. The van der Waals surface area contributed by atoms with E-state index in [1.807, 2.05) is 24.3 Å². The number of nitro groups is 1. The first-order valence-corrected chi connectivity index (χ1v) is 10.2. The van der Waals surface area contributed by atoms with Crippen LogP contribution >= 0.6 is 15.9 Å². The highest BCUT2D eigenvalue weighted by Gasteiger charge is 2.43. The highest BCUT2D eigenvalue weighted by Crippen LogP contribution is 2.43. The summed E-state index contributed by atoms with van der Waals surface area (Å²) in [6.07, 6.45) is -0.599. The second-order valence-electron chi connectivity index (χ2n) is 6.98. The predicted molar refractivity (Wildman–Crippen MR) is 116 cm³/mol. The van der Waals surface area contributed by atoms with Crippen LogP contribution in [0.5, 0.6) is 0 Å². The van der Waals surface area contributed by atoms with Gasteiger partial charge in [-0.3, -0.25) is 20.0 Å². The summed E-state index contributed by atoms with van der Waals surface area (Å²) in [6.45, 7) is 0.214. The number of ether oxygens (including phenoxy) is 2. The van der Waals surface area contributed by atoms with Crippen LogP contribution in [0.4, 0.5) is 5.69 Å². The lowest BCUT2D eigenvalue weighted by atomic mass is 9.96. The van der Waals surface area contributed by atoms with Crippen molar-refractivity contribution in [1.82, 2.24) is 15.1 Å². The molecule has 4 rings (SSSR count). The molecule has 0 saturated heterocycles. The number of hydrogen-bond donors (Lipinski definition) is 1. The van der Waals surface area contributed by atoms with Gasteiger partial charge in [-0.25, -0.2) is 0 Å². The molecule has 0 bridgehead atoms. The minimum absolute atomic E-state index is 0.0137. The number of rotatable bonds is 7. The van der Waals surface area contributed by atoms with Crippen molar-refractivity contribution in [2.45, 2.75) is 12.3 Å². The Morgan fingerprint density at radius 3 is 2.55 bits per heavy atom. The average Bonchev–Trinajstić information content (AvgIpc) is 3.31. The Hall–Kier alpha value is -3.08. The molecule has 1 N–H and O–H groups in total. The van der Waals surface area contributed by atoms with Crippen LogP contribution in [-0.4, -0.2) is 53.0 Å². The maximum Gasteiger partial charge on any atom is 0.273 e. The van der Waals surface area contributed by atoms with Crippen LogP contribution in [0.1, 0.15) is 27.7 Å². The van der Waals surface area contributed by atoms with E-state index in [0.29, 0.717) is 22.5 Å². The lowest BCUT2D eigenvalue weighted by molar-refractivity contribution is -0.384. The molecule has 0 fully saturated rings. The molecule has 160 valence electrons. The van der Waals surface area contributed by atoms with E-state index in [-0.39, 0.29) is 18.1 Å². The molecule has 9 nitrogen and oxygen atoms in total. The molecule has 2 aromatic carbocycles. The molecular weight excluding hydrogens is 468 g/mol. The quantitative estimate of drug-likeness (QED) is 0.307. The summed E-state index contributed by atoms with van der Waals surface area (Å²) < 4.78 is 11.5. The van der Waals surface area contributed by atoms with Crippen LogP contribution in [0, 0.1) is 10.1 Å². The molecule has 1 unspecified atom stereocenters. The number of carbonyl (C=O) groups is 1. The van der Waals surface area contributed by atoms with Crippen molar-refractivity contribution in [2.75, 3.05) is 20.8 Å². The monoisotopic (exact) mass is 486 g/mol. The van der Waals surface area contributed by atoms with Crippen molar-refractivity contribution in [1.29, 1.82) is 0 Å². The molecule has 1 aromatic heterocycles. The third-order valence-corrected chi connectivity index (χ3v) is 5.74. The first-order chi connectivity index (χ1) is 14.9. The number of amides is 1. The van der Waals surface area contributed by atoms with E-state index >= 15 is 0 Å². The standard InChI is InChI=1S/C21H19BrN4O5/c1-30-16(31-2)11-25-20(13-4-3-5-14(22)10-13)17-18(23-24-19(17)21(25)27)12-6-8-15(9-7-12)26(28)29/h3-10,16,20H,11H2,1-2H3,(H,23,24). The average molecular weight is 487 g/mol. The molecule has 2 heterocycles. The Morgan fingerprint density at radius 1 is 1.23 bits per heavy atom. The summed E-state index contributed by atoms with van der Waals surface area (Å²) in [5.41, 5.74) is 3.20. The maximum absolute atomic E-state index is 13.3. The molecule has 0 radical (unpaired) electrons. The molecule has 1 aliphatic heterocycles. The Balaban J connectivity index is 1.83. The first-order valence-electron chi connectivity index (χ1n) is 9.39. The summed E-state index contributed by atoms with van der Waals surface area (Å²) >= 11 is 3.50. The van der Waals surface area contributed by atoms with Crippen LogP contribution < -0.4 is 0 Å². The highest BCUT2D eigenvalue weighted by atomic mass is 79.9. The topological polar surface area (TPSA) is 111 Å². The van der Waals surface area contributed by atoms with Gasteiger partial charge in [0, 0.05) is 42.0 Å². The molecule has 1 aliphatic rings. The van der Waals surface area contributed by atoms with Gasteiger partial charge in [0.05, 0.1) is 23.2 Å². The van der Waals surface area contributed by atoms with Crippen LogP contribution in [0.25, 0.3) is 11.3 Å². The van der Waals surface area contributed by atoms with Gasteiger partial charge in [0.15, 0.2) is 6.29 Å².